The first kappa shape index (κ1) is 39.5. The molecule has 3 aromatic carbocycles. The molecule has 0 saturated heterocycles. The predicted molar refractivity (Wildman–Crippen MR) is 229 cm³/mol. The number of hydrogen-bond acceptors (Lipinski definition) is 3. The summed E-state index contributed by atoms with van der Waals surface area (Å²) in [6.07, 6.45) is 19.0. The van der Waals surface area contributed by atoms with E-state index in [9.17, 15) is 13.0 Å². The van der Waals surface area contributed by atoms with Crippen LogP contribution >= 0.6 is 27.5 Å². The van der Waals surface area contributed by atoms with Crippen LogP contribution in [0.5, 0.6) is 0 Å². The minimum atomic E-state index is -4.16. The maximum absolute atomic E-state index is 12.0. The lowest BCUT2D eigenvalue weighted by atomic mass is 9.79. The fourth-order valence-corrected chi connectivity index (χ4v) is 9.75. The topological polar surface area (TPSA) is 60.6 Å². The SMILES string of the molecule is CCC=c1c2c(ccc1=CCCC)N(CCS(=O)(=O)O)C(=CC=C1CCC(C=CC3=[N+](CCC)c4ccc5cc(Br)ccc5c4C3(C)C)=C1Cl)C2(C)C. The molecule has 8 heteroatoms. The van der Waals surface area contributed by atoms with E-state index in [-0.39, 0.29) is 17.7 Å². The van der Waals surface area contributed by atoms with Crippen molar-refractivity contribution in [3.05, 3.63) is 115 Å². The van der Waals surface area contributed by atoms with E-state index in [0.717, 1.165) is 77.1 Å². The average Bonchev–Trinajstić information content (AvgIpc) is 3.64. The van der Waals surface area contributed by atoms with Gasteiger partial charge >= 0.3 is 0 Å². The molecule has 6 rings (SSSR count). The van der Waals surface area contributed by atoms with Crippen LogP contribution in [0.1, 0.15) is 98.1 Å². The van der Waals surface area contributed by atoms with Crippen molar-refractivity contribution in [2.24, 2.45) is 0 Å². The quantitative estimate of drug-likeness (QED) is 0.155. The van der Waals surface area contributed by atoms with E-state index in [4.69, 9.17) is 11.6 Å². The number of anilines is 1. The van der Waals surface area contributed by atoms with Crippen molar-refractivity contribution in [2.45, 2.75) is 97.8 Å². The number of benzene rings is 3. The van der Waals surface area contributed by atoms with E-state index >= 15 is 0 Å². The third-order valence-electron chi connectivity index (χ3n) is 11.1. The van der Waals surface area contributed by atoms with Crippen molar-refractivity contribution < 1.29 is 17.5 Å². The summed E-state index contributed by atoms with van der Waals surface area (Å²) in [6, 6.07) is 15.3. The van der Waals surface area contributed by atoms with Crippen LogP contribution < -0.4 is 15.3 Å². The largest absolute Gasteiger partial charge is 0.343 e. The fourth-order valence-electron chi connectivity index (χ4n) is 8.64. The molecule has 2 heterocycles. The van der Waals surface area contributed by atoms with E-state index in [0.29, 0.717) is 0 Å². The smallest absolute Gasteiger partial charge is 0.266 e. The van der Waals surface area contributed by atoms with Crippen molar-refractivity contribution >= 4 is 77.7 Å². The Morgan fingerprint density at radius 1 is 0.925 bits per heavy atom. The first-order valence-electron chi connectivity index (χ1n) is 19.1. The zero-order valence-electron chi connectivity index (χ0n) is 32.2. The number of hydrogen-bond donors (Lipinski definition) is 1. The average molecular weight is 817 g/mol. The van der Waals surface area contributed by atoms with Gasteiger partial charge in [-0.25, -0.2) is 0 Å². The van der Waals surface area contributed by atoms with Gasteiger partial charge in [0.15, 0.2) is 5.71 Å². The molecule has 0 saturated carbocycles. The number of nitrogens with zero attached hydrogens (tertiary/aromatic N) is 2. The first-order valence-corrected chi connectivity index (χ1v) is 21.8. The molecule has 2 aliphatic heterocycles. The standard InChI is InChI=1S/C45H52BrClN2O3S/c1-8-11-13-30-16-22-38-41(35(30)12-9-2)45(6,7)40(49(38)27-28-53(50,51)52)25-19-32-15-14-31(43(32)47)18-24-39-44(4,5)42-36-21-20-34(46)29-33(36)17-23-37(42)48(39)26-10-3/h12-13,16-25,29H,8-11,14-15,26-28H2,1-7H3/p+1. The zero-order chi connectivity index (χ0) is 38.3. The van der Waals surface area contributed by atoms with Gasteiger partial charge in [-0.05, 0) is 108 Å². The Bertz CT molecular complexity index is 2360. The Hall–Kier alpha value is -3.23. The molecule has 0 unspecified atom stereocenters. The lowest BCUT2D eigenvalue weighted by molar-refractivity contribution is -0.437. The highest BCUT2D eigenvalue weighted by Crippen LogP contribution is 2.47. The summed E-state index contributed by atoms with van der Waals surface area (Å²) in [4.78, 5) is 2.07. The van der Waals surface area contributed by atoms with Crippen molar-refractivity contribution in [1.29, 1.82) is 0 Å². The second kappa shape index (κ2) is 15.5. The van der Waals surface area contributed by atoms with Crippen LogP contribution in [0.3, 0.4) is 0 Å². The Morgan fingerprint density at radius 3 is 2.40 bits per heavy atom. The molecule has 0 aromatic heterocycles. The van der Waals surface area contributed by atoms with Crippen LogP contribution in [0.15, 0.2) is 93.1 Å². The maximum Gasteiger partial charge on any atom is 0.266 e. The molecular weight excluding hydrogens is 764 g/mol. The lowest BCUT2D eigenvalue weighted by Gasteiger charge is -2.26. The Morgan fingerprint density at radius 2 is 1.70 bits per heavy atom. The molecule has 280 valence electrons. The molecule has 3 aliphatic rings. The number of halogens is 2. The molecule has 5 nitrogen and oxygen atoms in total. The van der Waals surface area contributed by atoms with E-state index in [1.54, 1.807) is 0 Å². The van der Waals surface area contributed by atoms with Crippen LogP contribution in [0.25, 0.3) is 22.9 Å². The highest BCUT2D eigenvalue weighted by Gasteiger charge is 2.45. The van der Waals surface area contributed by atoms with Gasteiger partial charge in [-0.15, -0.1) is 0 Å². The molecule has 1 aliphatic carbocycles. The fraction of sp³-hybridized carbons (Fsp3) is 0.400. The van der Waals surface area contributed by atoms with Gasteiger partial charge in [0.05, 0.1) is 11.2 Å². The summed E-state index contributed by atoms with van der Waals surface area (Å²) in [7, 11) is -4.16. The van der Waals surface area contributed by atoms with Crippen molar-refractivity contribution in [3.8, 4) is 0 Å². The van der Waals surface area contributed by atoms with Crippen molar-refractivity contribution in [2.75, 3.05) is 23.7 Å². The van der Waals surface area contributed by atoms with Crippen LogP contribution in [0.4, 0.5) is 11.4 Å². The van der Waals surface area contributed by atoms with Gasteiger partial charge in [0.2, 0.25) is 5.69 Å². The van der Waals surface area contributed by atoms with Crippen LogP contribution in [-0.2, 0) is 20.9 Å². The number of unbranched alkanes of at least 4 members (excludes halogenated alkanes) is 1. The lowest BCUT2D eigenvalue weighted by Crippen LogP contribution is -2.34. The second-order valence-corrected chi connectivity index (χ2v) is 18.4. The summed E-state index contributed by atoms with van der Waals surface area (Å²) < 4.78 is 37.3. The van der Waals surface area contributed by atoms with E-state index in [1.165, 1.54) is 43.7 Å². The minimum absolute atomic E-state index is 0.156. The summed E-state index contributed by atoms with van der Waals surface area (Å²) in [6.45, 7) is 16.7. The molecule has 1 N–H and O–H groups in total. The summed E-state index contributed by atoms with van der Waals surface area (Å²) in [5.74, 6) is -0.357. The molecule has 3 aromatic rings. The van der Waals surface area contributed by atoms with Gasteiger partial charge in [0.1, 0.15) is 6.54 Å². The molecular formula is C45H53BrClN2O3S+. The van der Waals surface area contributed by atoms with E-state index in [1.807, 2.05) is 0 Å². The molecule has 0 bridgehead atoms. The summed E-state index contributed by atoms with van der Waals surface area (Å²) in [5.41, 5.74) is 8.66. The Labute approximate surface area is 329 Å². The van der Waals surface area contributed by atoms with Gasteiger partial charge in [-0.2, -0.15) is 13.0 Å². The molecule has 53 heavy (non-hydrogen) atoms. The molecule has 0 fully saturated rings. The highest BCUT2D eigenvalue weighted by atomic mass is 79.9. The van der Waals surface area contributed by atoms with E-state index < -0.39 is 15.5 Å². The third-order valence-corrected chi connectivity index (χ3v) is 12.8. The van der Waals surface area contributed by atoms with Crippen LogP contribution in [0, 0.1) is 0 Å². The number of allylic oxidation sites excluding steroid dienone is 8. The summed E-state index contributed by atoms with van der Waals surface area (Å²) >= 11 is 10.8. The Kier molecular flexibility index (Phi) is 11.5. The molecule has 0 atom stereocenters. The second-order valence-electron chi connectivity index (χ2n) is 15.5. The van der Waals surface area contributed by atoms with Gasteiger partial charge in [0, 0.05) is 57.0 Å². The Balaban J connectivity index is 1.39. The molecule has 0 radical (unpaired) electrons. The van der Waals surface area contributed by atoms with Crippen LogP contribution in [-0.4, -0.2) is 42.1 Å². The first-order chi connectivity index (χ1) is 25.1. The number of fused-ring (bicyclic) bond motifs is 4. The van der Waals surface area contributed by atoms with Gasteiger partial charge in [0.25, 0.3) is 10.1 Å². The third kappa shape index (κ3) is 7.56. The van der Waals surface area contributed by atoms with Gasteiger partial charge < -0.3 is 4.90 Å². The summed E-state index contributed by atoms with van der Waals surface area (Å²) in [5, 5.41) is 5.71. The minimum Gasteiger partial charge on any atom is -0.343 e. The highest BCUT2D eigenvalue weighted by molar-refractivity contribution is 9.10. The molecule has 0 amide bonds. The monoisotopic (exact) mass is 815 g/mol. The van der Waals surface area contributed by atoms with Gasteiger partial charge in [-0.1, -0.05) is 105 Å². The van der Waals surface area contributed by atoms with Crippen molar-refractivity contribution in [1.82, 2.24) is 0 Å². The van der Waals surface area contributed by atoms with Crippen molar-refractivity contribution in [3.63, 3.8) is 0 Å². The zero-order valence-corrected chi connectivity index (χ0v) is 35.4. The molecule has 0 spiro atoms. The van der Waals surface area contributed by atoms with E-state index in [2.05, 4.69) is 153 Å². The predicted octanol–water partition coefficient (Wildman–Crippen LogP) is 10.5. The van der Waals surface area contributed by atoms with Crippen LogP contribution in [0.2, 0.25) is 0 Å². The van der Waals surface area contributed by atoms with Gasteiger partial charge in [-0.3, -0.25) is 4.55 Å². The number of rotatable bonds is 11. The normalized spacial score (nSPS) is 20.4. The maximum atomic E-state index is 12.0.